The lowest BCUT2D eigenvalue weighted by Gasteiger charge is -2.16. The van der Waals surface area contributed by atoms with Crippen molar-refractivity contribution in [2.45, 2.75) is 5.03 Å². The standard InChI is InChI=1S/C11H18FN3O3S/c1-15(8-9-18-2)7-6-14-19(16,17)11-10(12)4-3-5-13-11/h3-5,14H,6-9H2,1-2H3. The fraction of sp³-hybridized carbons (Fsp3) is 0.545. The summed E-state index contributed by atoms with van der Waals surface area (Å²) in [4.78, 5) is 5.44. The van der Waals surface area contributed by atoms with Crippen LogP contribution >= 0.6 is 0 Å². The van der Waals surface area contributed by atoms with Crippen LogP contribution in [0, 0.1) is 5.82 Å². The largest absolute Gasteiger partial charge is 0.383 e. The summed E-state index contributed by atoms with van der Waals surface area (Å²) < 4.78 is 44.1. The summed E-state index contributed by atoms with van der Waals surface area (Å²) in [5, 5.41) is -0.574. The number of likely N-dealkylation sites (N-methyl/N-ethyl adjacent to an activating group) is 1. The molecule has 108 valence electrons. The van der Waals surface area contributed by atoms with E-state index in [1.54, 1.807) is 7.11 Å². The zero-order valence-electron chi connectivity index (χ0n) is 11.0. The number of pyridine rings is 1. The molecule has 1 aromatic rings. The molecule has 8 heteroatoms. The fourth-order valence-corrected chi connectivity index (χ4v) is 2.39. The molecule has 0 saturated carbocycles. The number of methoxy groups -OCH3 is 1. The Morgan fingerprint density at radius 2 is 2.21 bits per heavy atom. The summed E-state index contributed by atoms with van der Waals surface area (Å²) in [6.07, 6.45) is 1.24. The van der Waals surface area contributed by atoms with E-state index in [1.807, 2.05) is 11.9 Å². The van der Waals surface area contributed by atoms with Crippen molar-refractivity contribution in [2.75, 3.05) is 40.4 Å². The molecule has 0 aliphatic carbocycles. The van der Waals surface area contributed by atoms with Crippen LogP contribution in [0.1, 0.15) is 0 Å². The van der Waals surface area contributed by atoms with Crippen molar-refractivity contribution in [3.63, 3.8) is 0 Å². The molecule has 0 aliphatic rings. The number of ether oxygens (including phenoxy) is 1. The van der Waals surface area contributed by atoms with Gasteiger partial charge in [-0.3, -0.25) is 0 Å². The van der Waals surface area contributed by atoms with Crippen LogP contribution in [0.15, 0.2) is 23.4 Å². The molecule has 0 aromatic carbocycles. The van der Waals surface area contributed by atoms with Crippen LogP contribution in [0.5, 0.6) is 0 Å². The topological polar surface area (TPSA) is 71.5 Å². The molecular weight excluding hydrogens is 273 g/mol. The van der Waals surface area contributed by atoms with Crippen molar-refractivity contribution in [3.05, 3.63) is 24.1 Å². The molecule has 1 rings (SSSR count). The van der Waals surface area contributed by atoms with Crippen LogP contribution in [0.4, 0.5) is 4.39 Å². The zero-order chi connectivity index (χ0) is 14.3. The molecular formula is C11H18FN3O3S. The van der Waals surface area contributed by atoms with Crippen LogP contribution < -0.4 is 4.72 Å². The van der Waals surface area contributed by atoms with Crippen LogP contribution in [-0.2, 0) is 14.8 Å². The number of nitrogens with one attached hydrogen (secondary N) is 1. The van der Waals surface area contributed by atoms with Gasteiger partial charge in [0.2, 0.25) is 5.03 Å². The Kier molecular flexibility index (Phi) is 6.29. The highest BCUT2D eigenvalue weighted by atomic mass is 32.2. The van der Waals surface area contributed by atoms with Crippen molar-refractivity contribution in [3.8, 4) is 0 Å². The Morgan fingerprint density at radius 1 is 1.47 bits per heavy atom. The van der Waals surface area contributed by atoms with Gasteiger partial charge in [0.05, 0.1) is 6.61 Å². The summed E-state index contributed by atoms with van der Waals surface area (Å²) in [5.41, 5.74) is 0. The lowest BCUT2D eigenvalue weighted by atomic mass is 10.5. The van der Waals surface area contributed by atoms with Crippen LogP contribution in [0.2, 0.25) is 0 Å². The second-order valence-corrected chi connectivity index (χ2v) is 5.67. The lowest BCUT2D eigenvalue weighted by Crippen LogP contribution is -2.35. The maximum atomic E-state index is 13.3. The Balaban J connectivity index is 2.51. The van der Waals surface area contributed by atoms with Gasteiger partial charge >= 0.3 is 0 Å². The molecule has 0 spiro atoms. The van der Waals surface area contributed by atoms with Gasteiger partial charge < -0.3 is 9.64 Å². The molecule has 0 radical (unpaired) electrons. The average molecular weight is 291 g/mol. The first-order chi connectivity index (χ1) is 8.97. The zero-order valence-corrected chi connectivity index (χ0v) is 11.8. The van der Waals surface area contributed by atoms with E-state index in [0.29, 0.717) is 19.7 Å². The van der Waals surface area contributed by atoms with Gasteiger partial charge in [0, 0.05) is 32.9 Å². The number of sulfonamides is 1. The molecule has 6 nitrogen and oxygen atoms in total. The maximum Gasteiger partial charge on any atom is 0.261 e. The highest BCUT2D eigenvalue weighted by Crippen LogP contribution is 2.09. The third kappa shape index (κ3) is 5.19. The molecule has 1 N–H and O–H groups in total. The highest BCUT2D eigenvalue weighted by Gasteiger charge is 2.19. The Morgan fingerprint density at radius 3 is 2.84 bits per heavy atom. The predicted octanol–water partition coefficient (Wildman–Crippen LogP) is 0.0772. The Hall–Kier alpha value is -1.09. The number of hydrogen-bond acceptors (Lipinski definition) is 5. The number of hydrogen-bond donors (Lipinski definition) is 1. The molecule has 0 amide bonds. The van der Waals surface area contributed by atoms with Gasteiger partial charge in [-0.2, -0.15) is 0 Å². The summed E-state index contributed by atoms with van der Waals surface area (Å²) >= 11 is 0. The van der Waals surface area contributed by atoms with Crippen molar-refractivity contribution >= 4 is 10.0 Å². The van der Waals surface area contributed by atoms with Gasteiger partial charge in [-0.1, -0.05) is 0 Å². The molecule has 0 atom stereocenters. The molecule has 0 aliphatic heterocycles. The fourth-order valence-electron chi connectivity index (χ4n) is 1.37. The van der Waals surface area contributed by atoms with Crippen molar-refractivity contribution in [2.24, 2.45) is 0 Å². The first kappa shape index (κ1) is 16.0. The first-order valence-corrected chi connectivity index (χ1v) is 7.23. The van der Waals surface area contributed by atoms with Gasteiger partial charge in [-0.15, -0.1) is 0 Å². The van der Waals surface area contributed by atoms with E-state index in [1.165, 1.54) is 12.3 Å². The van der Waals surface area contributed by atoms with E-state index in [0.717, 1.165) is 6.07 Å². The van der Waals surface area contributed by atoms with Gasteiger partial charge in [0.25, 0.3) is 10.0 Å². The van der Waals surface area contributed by atoms with Crippen LogP contribution in [-0.4, -0.2) is 58.7 Å². The summed E-state index contributed by atoms with van der Waals surface area (Å²) in [6.45, 7) is 1.93. The average Bonchev–Trinajstić information content (AvgIpc) is 2.36. The van der Waals surface area contributed by atoms with Crippen LogP contribution in [0.25, 0.3) is 0 Å². The molecule has 1 aromatic heterocycles. The number of rotatable bonds is 8. The monoisotopic (exact) mass is 291 g/mol. The highest BCUT2D eigenvalue weighted by molar-refractivity contribution is 7.89. The van der Waals surface area contributed by atoms with E-state index in [2.05, 4.69) is 9.71 Å². The number of nitrogens with zero attached hydrogens (tertiary/aromatic N) is 2. The van der Waals surface area contributed by atoms with E-state index >= 15 is 0 Å². The van der Waals surface area contributed by atoms with Gasteiger partial charge in [0.15, 0.2) is 5.82 Å². The number of aromatic nitrogens is 1. The maximum absolute atomic E-state index is 13.3. The second kappa shape index (κ2) is 7.49. The third-order valence-electron chi connectivity index (χ3n) is 2.44. The third-order valence-corrected chi connectivity index (χ3v) is 3.84. The lowest BCUT2D eigenvalue weighted by molar-refractivity contribution is 0.162. The Bertz CT molecular complexity index is 496. The van der Waals surface area contributed by atoms with Gasteiger partial charge in [-0.05, 0) is 19.2 Å². The normalized spacial score (nSPS) is 12.0. The van der Waals surface area contributed by atoms with Gasteiger partial charge in [-0.25, -0.2) is 22.5 Å². The quantitative estimate of drug-likeness (QED) is 0.734. The smallest absolute Gasteiger partial charge is 0.261 e. The van der Waals surface area contributed by atoms with Crippen molar-refractivity contribution in [1.82, 2.24) is 14.6 Å². The molecule has 19 heavy (non-hydrogen) atoms. The summed E-state index contributed by atoms with van der Waals surface area (Å²) in [5.74, 6) is -0.859. The van der Waals surface area contributed by atoms with E-state index < -0.39 is 20.9 Å². The predicted molar refractivity (Wildman–Crippen MR) is 68.8 cm³/mol. The minimum atomic E-state index is -3.90. The van der Waals surface area contributed by atoms with Crippen molar-refractivity contribution < 1.29 is 17.5 Å². The molecule has 0 bridgehead atoms. The molecule has 1 heterocycles. The SMILES string of the molecule is COCCN(C)CCNS(=O)(=O)c1ncccc1F. The summed E-state index contributed by atoms with van der Waals surface area (Å²) in [7, 11) is -0.462. The van der Waals surface area contributed by atoms with Crippen LogP contribution in [0.3, 0.4) is 0 Å². The molecule has 0 fully saturated rings. The summed E-state index contributed by atoms with van der Waals surface area (Å²) in [6, 6.07) is 2.40. The second-order valence-electron chi connectivity index (χ2n) is 3.98. The first-order valence-electron chi connectivity index (χ1n) is 5.75. The Labute approximate surface area is 112 Å². The minimum Gasteiger partial charge on any atom is -0.383 e. The van der Waals surface area contributed by atoms with Gasteiger partial charge in [0.1, 0.15) is 0 Å². The minimum absolute atomic E-state index is 0.179. The van der Waals surface area contributed by atoms with Crippen molar-refractivity contribution in [1.29, 1.82) is 0 Å². The molecule has 0 saturated heterocycles. The van der Waals surface area contributed by atoms with E-state index in [4.69, 9.17) is 4.74 Å². The number of halogens is 1. The van der Waals surface area contributed by atoms with E-state index in [9.17, 15) is 12.8 Å². The molecule has 0 unspecified atom stereocenters. The van der Waals surface area contributed by atoms with E-state index in [-0.39, 0.29) is 6.54 Å².